The molecule has 6 nitrogen and oxygen atoms in total. The average Bonchev–Trinajstić information content (AvgIpc) is 2.95. The van der Waals surface area contributed by atoms with Gasteiger partial charge in [0.15, 0.2) is 5.75 Å². The van der Waals surface area contributed by atoms with Crippen LogP contribution in [0.25, 0.3) is 10.9 Å². The van der Waals surface area contributed by atoms with Crippen LogP contribution in [0.1, 0.15) is 28.9 Å². The molecular formula is C19H14N4O2. The van der Waals surface area contributed by atoms with E-state index in [1.54, 1.807) is 23.0 Å². The van der Waals surface area contributed by atoms with Crippen LogP contribution < -0.4 is 10.5 Å². The lowest BCUT2D eigenvalue weighted by molar-refractivity contribution is 0.0937. The number of nitrogens with zero attached hydrogens (tertiary/aromatic N) is 3. The van der Waals surface area contributed by atoms with Gasteiger partial charge in [0.25, 0.3) is 0 Å². The molecule has 0 spiro atoms. The Labute approximate surface area is 143 Å². The molecule has 0 amide bonds. The number of allylic oxidation sites excluding steroid dienone is 1. The topological polar surface area (TPSA) is 93.9 Å². The first-order chi connectivity index (χ1) is 12.1. The Kier molecular flexibility index (Phi) is 3.29. The summed E-state index contributed by atoms with van der Waals surface area (Å²) in [7, 11) is 0. The Morgan fingerprint density at radius 2 is 2.12 bits per heavy atom. The van der Waals surface area contributed by atoms with E-state index in [2.05, 4.69) is 11.1 Å². The van der Waals surface area contributed by atoms with Crippen LogP contribution in [0.3, 0.4) is 0 Å². The summed E-state index contributed by atoms with van der Waals surface area (Å²) < 4.78 is 7.36. The third kappa shape index (κ3) is 2.10. The van der Waals surface area contributed by atoms with Gasteiger partial charge >= 0.3 is 0 Å². The zero-order chi connectivity index (χ0) is 17.6. The van der Waals surface area contributed by atoms with Gasteiger partial charge in [-0.1, -0.05) is 18.2 Å². The molecule has 1 unspecified atom stereocenters. The second-order valence-corrected chi connectivity index (χ2v) is 5.80. The number of carbonyl (C=O) groups is 1. The molecule has 2 aromatic heterocycles. The minimum Gasteiger partial charge on any atom is -0.438 e. The van der Waals surface area contributed by atoms with Crippen LogP contribution in [-0.4, -0.2) is 15.5 Å². The van der Waals surface area contributed by atoms with E-state index in [0.29, 0.717) is 11.4 Å². The van der Waals surface area contributed by atoms with E-state index in [1.807, 2.05) is 30.3 Å². The Hall–Kier alpha value is -3.59. The van der Waals surface area contributed by atoms with Crippen LogP contribution >= 0.6 is 0 Å². The van der Waals surface area contributed by atoms with Crippen molar-refractivity contribution in [2.24, 2.45) is 5.73 Å². The lowest BCUT2D eigenvalue weighted by atomic mass is 9.88. The summed E-state index contributed by atoms with van der Waals surface area (Å²) >= 11 is 0. The second kappa shape index (κ2) is 5.49. The molecule has 6 heteroatoms. The van der Waals surface area contributed by atoms with Crippen molar-refractivity contribution in [3.05, 3.63) is 71.5 Å². The van der Waals surface area contributed by atoms with Gasteiger partial charge in [-0.2, -0.15) is 5.26 Å². The first kappa shape index (κ1) is 15.0. The van der Waals surface area contributed by atoms with E-state index >= 15 is 0 Å². The summed E-state index contributed by atoms with van der Waals surface area (Å²) in [5, 5.41) is 10.4. The van der Waals surface area contributed by atoms with Crippen molar-refractivity contribution in [3.63, 3.8) is 0 Å². The number of aromatic nitrogens is 2. The minimum absolute atomic E-state index is 0.0512. The van der Waals surface area contributed by atoms with E-state index in [-0.39, 0.29) is 17.4 Å². The Morgan fingerprint density at radius 1 is 1.32 bits per heavy atom. The zero-order valence-electron chi connectivity index (χ0n) is 13.4. The maximum Gasteiger partial charge on any atom is 0.228 e. The number of pyridine rings is 1. The van der Waals surface area contributed by atoms with E-state index < -0.39 is 5.92 Å². The SMILES string of the molecule is CC(=O)n1c2c(c3ccccc31)OC(N)=C(C#N)C2c1cccnc1. The highest BCUT2D eigenvalue weighted by Crippen LogP contribution is 2.46. The molecule has 0 aliphatic carbocycles. The van der Waals surface area contributed by atoms with Crippen LogP contribution in [0.5, 0.6) is 5.75 Å². The number of carbonyl (C=O) groups excluding carboxylic acids is 1. The summed E-state index contributed by atoms with van der Waals surface area (Å²) in [5.41, 5.74) is 8.40. The Morgan fingerprint density at radius 3 is 2.80 bits per heavy atom. The molecule has 0 saturated carbocycles. The summed E-state index contributed by atoms with van der Waals surface area (Å²) in [6.45, 7) is 1.49. The highest BCUT2D eigenvalue weighted by atomic mass is 16.5. The standard InChI is InChI=1S/C19H14N4O2/c1-11(24)23-15-7-3-2-6-13(15)18-17(23)16(12-5-4-8-22-10-12)14(9-20)19(21)25-18/h2-8,10,16H,21H2,1H3. The number of benzene rings is 1. The van der Waals surface area contributed by atoms with Gasteiger partial charge in [-0.25, -0.2) is 0 Å². The van der Waals surface area contributed by atoms with Gasteiger partial charge < -0.3 is 10.5 Å². The number of ether oxygens (including phenoxy) is 1. The number of hydrogen-bond acceptors (Lipinski definition) is 5. The molecule has 1 atom stereocenters. The van der Waals surface area contributed by atoms with Gasteiger partial charge in [0.05, 0.1) is 17.1 Å². The summed E-state index contributed by atoms with van der Waals surface area (Å²) in [6.07, 6.45) is 3.33. The largest absolute Gasteiger partial charge is 0.438 e. The number of rotatable bonds is 1. The quantitative estimate of drug-likeness (QED) is 0.740. The molecule has 3 aromatic rings. The number of hydrogen-bond donors (Lipinski definition) is 1. The molecule has 122 valence electrons. The van der Waals surface area contributed by atoms with Crippen molar-refractivity contribution in [3.8, 4) is 11.8 Å². The van der Waals surface area contributed by atoms with Gasteiger partial charge in [-0.15, -0.1) is 0 Å². The fourth-order valence-electron chi connectivity index (χ4n) is 3.37. The normalized spacial score (nSPS) is 16.2. The van der Waals surface area contributed by atoms with Crippen LogP contribution in [0, 0.1) is 11.3 Å². The minimum atomic E-state index is -0.515. The predicted molar refractivity (Wildman–Crippen MR) is 91.8 cm³/mol. The third-order valence-electron chi connectivity index (χ3n) is 4.36. The third-order valence-corrected chi connectivity index (χ3v) is 4.36. The Bertz CT molecular complexity index is 1070. The van der Waals surface area contributed by atoms with Crippen LogP contribution in [0.15, 0.2) is 60.2 Å². The number of fused-ring (bicyclic) bond motifs is 3. The van der Waals surface area contributed by atoms with Crippen molar-refractivity contribution < 1.29 is 9.53 Å². The van der Waals surface area contributed by atoms with Crippen molar-refractivity contribution in [1.29, 1.82) is 5.26 Å². The fourth-order valence-corrected chi connectivity index (χ4v) is 3.37. The van der Waals surface area contributed by atoms with Crippen molar-refractivity contribution in [2.45, 2.75) is 12.8 Å². The van der Waals surface area contributed by atoms with Crippen molar-refractivity contribution in [2.75, 3.05) is 0 Å². The molecule has 0 fully saturated rings. The molecule has 1 aliphatic rings. The van der Waals surface area contributed by atoms with E-state index in [9.17, 15) is 10.1 Å². The van der Waals surface area contributed by atoms with Gasteiger partial charge in [0.1, 0.15) is 11.6 Å². The predicted octanol–water partition coefficient (Wildman–Crippen LogP) is 2.91. The number of nitrogens with two attached hydrogens (primary N) is 1. The molecule has 0 radical (unpaired) electrons. The highest BCUT2D eigenvalue weighted by molar-refractivity contribution is 5.98. The molecule has 0 bridgehead atoms. The van der Waals surface area contributed by atoms with Crippen LogP contribution in [-0.2, 0) is 0 Å². The molecule has 1 aliphatic heterocycles. The summed E-state index contributed by atoms with van der Waals surface area (Å²) in [4.78, 5) is 16.6. The first-order valence-electron chi connectivity index (χ1n) is 7.75. The molecule has 0 saturated heterocycles. The van der Waals surface area contributed by atoms with Crippen LogP contribution in [0.4, 0.5) is 0 Å². The highest BCUT2D eigenvalue weighted by Gasteiger charge is 2.36. The lowest BCUT2D eigenvalue weighted by Crippen LogP contribution is -2.24. The Balaban J connectivity index is 2.13. The first-order valence-corrected chi connectivity index (χ1v) is 7.75. The smallest absolute Gasteiger partial charge is 0.228 e. The average molecular weight is 330 g/mol. The summed E-state index contributed by atoms with van der Waals surface area (Å²) in [6, 6.07) is 13.2. The fraction of sp³-hybridized carbons (Fsp3) is 0.105. The zero-order valence-corrected chi connectivity index (χ0v) is 13.4. The molecule has 2 N–H and O–H groups in total. The van der Waals surface area contributed by atoms with Crippen LogP contribution in [0.2, 0.25) is 0 Å². The molecule has 4 rings (SSSR count). The molecule has 25 heavy (non-hydrogen) atoms. The van der Waals surface area contributed by atoms with E-state index in [4.69, 9.17) is 10.5 Å². The van der Waals surface area contributed by atoms with Gasteiger partial charge in [0, 0.05) is 24.7 Å². The van der Waals surface area contributed by atoms with Crippen molar-refractivity contribution >= 4 is 16.8 Å². The van der Waals surface area contributed by atoms with E-state index in [0.717, 1.165) is 16.5 Å². The molecular weight excluding hydrogens is 316 g/mol. The van der Waals surface area contributed by atoms with E-state index in [1.165, 1.54) is 6.92 Å². The van der Waals surface area contributed by atoms with Gasteiger partial charge in [-0.3, -0.25) is 14.3 Å². The lowest BCUT2D eigenvalue weighted by Gasteiger charge is -2.25. The van der Waals surface area contributed by atoms with Gasteiger partial charge in [0.2, 0.25) is 11.8 Å². The maximum atomic E-state index is 12.4. The van der Waals surface area contributed by atoms with Crippen molar-refractivity contribution in [1.82, 2.24) is 9.55 Å². The summed E-state index contributed by atoms with van der Waals surface area (Å²) in [5.74, 6) is -0.113. The van der Waals surface area contributed by atoms with Gasteiger partial charge in [-0.05, 0) is 23.8 Å². The molecule has 1 aromatic carbocycles. The number of para-hydroxylation sites is 1. The monoisotopic (exact) mass is 330 g/mol. The molecule has 3 heterocycles. The maximum absolute atomic E-state index is 12.4. The second-order valence-electron chi connectivity index (χ2n) is 5.80. The number of nitriles is 1.